The molecule has 1 heterocycles. The summed E-state index contributed by atoms with van der Waals surface area (Å²) in [6, 6.07) is 20.6. The SMILES string of the molecule is CCOc1ccc(N/C=C/C=C/c2ccc3ccccc3[n+]2C)cc1. The molecule has 0 atom stereocenters. The summed E-state index contributed by atoms with van der Waals surface area (Å²) in [5, 5.41) is 4.50. The Morgan fingerprint density at radius 1 is 0.960 bits per heavy atom. The van der Waals surface area contributed by atoms with E-state index in [1.807, 2.05) is 49.5 Å². The molecule has 1 aromatic heterocycles. The minimum absolute atomic E-state index is 0.684. The van der Waals surface area contributed by atoms with Crippen LogP contribution in [-0.2, 0) is 7.05 Å². The van der Waals surface area contributed by atoms with E-state index in [1.54, 1.807) is 0 Å². The van der Waals surface area contributed by atoms with Crippen LogP contribution in [0.1, 0.15) is 12.6 Å². The van der Waals surface area contributed by atoms with Gasteiger partial charge in [-0.05, 0) is 49.4 Å². The zero-order valence-electron chi connectivity index (χ0n) is 14.6. The Balaban J connectivity index is 1.63. The van der Waals surface area contributed by atoms with Crippen molar-refractivity contribution in [3.63, 3.8) is 0 Å². The summed E-state index contributed by atoms with van der Waals surface area (Å²) >= 11 is 0. The molecular weight excluding hydrogens is 308 g/mol. The highest BCUT2D eigenvalue weighted by Crippen LogP contribution is 2.15. The number of aryl methyl sites for hydroxylation is 1. The molecule has 3 nitrogen and oxygen atoms in total. The van der Waals surface area contributed by atoms with Gasteiger partial charge in [0, 0.05) is 35.5 Å². The number of rotatable bonds is 6. The van der Waals surface area contributed by atoms with Gasteiger partial charge in [-0.1, -0.05) is 18.2 Å². The molecule has 25 heavy (non-hydrogen) atoms. The summed E-state index contributed by atoms with van der Waals surface area (Å²) in [5.74, 6) is 0.890. The second-order valence-corrected chi connectivity index (χ2v) is 5.70. The van der Waals surface area contributed by atoms with Crippen LogP contribution in [0.3, 0.4) is 0 Å². The van der Waals surface area contributed by atoms with Gasteiger partial charge in [0.15, 0.2) is 0 Å². The van der Waals surface area contributed by atoms with Gasteiger partial charge in [0.25, 0.3) is 0 Å². The zero-order valence-corrected chi connectivity index (χ0v) is 14.6. The number of benzene rings is 2. The molecule has 3 rings (SSSR count). The maximum absolute atomic E-state index is 5.44. The summed E-state index contributed by atoms with van der Waals surface area (Å²) in [6.07, 6.45) is 8.05. The molecule has 3 heteroatoms. The third-order valence-electron chi connectivity index (χ3n) is 4.01. The average molecular weight is 331 g/mol. The van der Waals surface area contributed by atoms with Crippen molar-refractivity contribution in [1.29, 1.82) is 0 Å². The summed E-state index contributed by atoms with van der Waals surface area (Å²) in [7, 11) is 2.09. The smallest absolute Gasteiger partial charge is 0.212 e. The van der Waals surface area contributed by atoms with Gasteiger partial charge in [-0.3, -0.25) is 0 Å². The van der Waals surface area contributed by atoms with E-state index in [0.29, 0.717) is 6.61 Å². The molecule has 0 aliphatic carbocycles. The molecule has 3 aromatic rings. The summed E-state index contributed by atoms with van der Waals surface area (Å²) in [4.78, 5) is 0. The van der Waals surface area contributed by atoms with E-state index in [0.717, 1.165) is 17.1 Å². The van der Waals surface area contributed by atoms with Gasteiger partial charge in [0.05, 0.1) is 6.61 Å². The van der Waals surface area contributed by atoms with Gasteiger partial charge in [0.2, 0.25) is 11.2 Å². The lowest BCUT2D eigenvalue weighted by Crippen LogP contribution is -2.32. The van der Waals surface area contributed by atoms with Crippen molar-refractivity contribution < 1.29 is 9.30 Å². The average Bonchev–Trinajstić information content (AvgIpc) is 2.65. The van der Waals surface area contributed by atoms with Crippen molar-refractivity contribution in [2.45, 2.75) is 6.92 Å². The Labute approximate surface area is 148 Å². The quantitative estimate of drug-likeness (QED) is 0.523. The minimum Gasteiger partial charge on any atom is -0.494 e. The lowest BCUT2D eigenvalue weighted by Gasteiger charge is -2.04. The predicted molar refractivity (Wildman–Crippen MR) is 105 cm³/mol. The summed E-state index contributed by atoms with van der Waals surface area (Å²) < 4.78 is 7.63. The van der Waals surface area contributed by atoms with Crippen molar-refractivity contribution >= 4 is 22.7 Å². The van der Waals surface area contributed by atoms with E-state index in [1.165, 1.54) is 10.9 Å². The van der Waals surface area contributed by atoms with Gasteiger partial charge in [-0.15, -0.1) is 0 Å². The maximum Gasteiger partial charge on any atom is 0.212 e. The highest BCUT2D eigenvalue weighted by molar-refractivity contribution is 5.76. The Hall–Kier alpha value is -3.07. The highest BCUT2D eigenvalue weighted by Gasteiger charge is 2.07. The Kier molecular flexibility index (Phi) is 5.47. The third kappa shape index (κ3) is 4.27. The summed E-state index contributed by atoms with van der Waals surface area (Å²) in [5.41, 5.74) is 3.41. The second kappa shape index (κ2) is 8.15. The molecule has 0 fully saturated rings. The monoisotopic (exact) mass is 331 g/mol. The minimum atomic E-state index is 0.684. The Morgan fingerprint density at radius 3 is 2.56 bits per heavy atom. The topological polar surface area (TPSA) is 25.1 Å². The van der Waals surface area contributed by atoms with Crippen molar-refractivity contribution in [2.24, 2.45) is 7.05 Å². The highest BCUT2D eigenvalue weighted by atomic mass is 16.5. The van der Waals surface area contributed by atoms with E-state index in [2.05, 4.69) is 59.4 Å². The van der Waals surface area contributed by atoms with E-state index < -0.39 is 0 Å². The fraction of sp³-hybridized carbons (Fsp3) is 0.136. The predicted octanol–water partition coefficient (Wildman–Crippen LogP) is 4.70. The first-order chi connectivity index (χ1) is 12.3. The number of nitrogens with zero attached hydrogens (tertiary/aromatic N) is 1. The molecule has 0 spiro atoms. The van der Waals surface area contributed by atoms with Gasteiger partial charge >= 0.3 is 0 Å². The maximum atomic E-state index is 5.44. The van der Waals surface area contributed by atoms with Gasteiger partial charge < -0.3 is 10.1 Å². The van der Waals surface area contributed by atoms with Crippen LogP contribution >= 0.6 is 0 Å². The van der Waals surface area contributed by atoms with Crippen LogP contribution < -0.4 is 14.6 Å². The van der Waals surface area contributed by atoms with Gasteiger partial charge in [-0.25, -0.2) is 0 Å². The number of pyridine rings is 1. The van der Waals surface area contributed by atoms with E-state index in [-0.39, 0.29) is 0 Å². The molecule has 0 saturated heterocycles. The van der Waals surface area contributed by atoms with Crippen LogP contribution in [0.15, 0.2) is 79.0 Å². The number of hydrogen-bond donors (Lipinski definition) is 1. The lowest BCUT2D eigenvalue weighted by molar-refractivity contribution is -0.646. The molecule has 0 saturated carbocycles. The normalized spacial score (nSPS) is 11.4. The van der Waals surface area contributed by atoms with E-state index >= 15 is 0 Å². The number of fused-ring (bicyclic) bond motifs is 1. The number of hydrogen-bond acceptors (Lipinski definition) is 2. The molecule has 0 aliphatic rings. The van der Waals surface area contributed by atoms with Crippen LogP contribution in [0.4, 0.5) is 5.69 Å². The number of aromatic nitrogens is 1. The largest absolute Gasteiger partial charge is 0.494 e. The van der Waals surface area contributed by atoms with Crippen LogP contribution in [0, 0.1) is 0 Å². The van der Waals surface area contributed by atoms with E-state index in [4.69, 9.17) is 4.74 Å². The molecule has 0 aliphatic heterocycles. The first-order valence-electron chi connectivity index (χ1n) is 8.48. The number of allylic oxidation sites excluding steroid dienone is 2. The molecule has 1 N–H and O–H groups in total. The Morgan fingerprint density at radius 2 is 1.76 bits per heavy atom. The van der Waals surface area contributed by atoms with E-state index in [9.17, 15) is 0 Å². The van der Waals surface area contributed by atoms with Crippen molar-refractivity contribution in [3.05, 3.63) is 84.7 Å². The van der Waals surface area contributed by atoms with Gasteiger partial charge in [-0.2, -0.15) is 4.57 Å². The number of anilines is 1. The molecule has 0 amide bonds. The summed E-state index contributed by atoms with van der Waals surface area (Å²) in [6.45, 7) is 2.67. The molecule has 0 radical (unpaired) electrons. The molecular formula is C22H23N2O+. The molecule has 0 bridgehead atoms. The van der Waals surface area contributed by atoms with Crippen LogP contribution in [0.25, 0.3) is 17.0 Å². The lowest BCUT2D eigenvalue weighted by atomic mass is 10.2. The zero-order chi connectivity index (χ0) is 17.5. The third-order valence-corrected chi connectivity index (χ3v) is 4.01. The first kappa shape index (κ1) is 16.8. The van der Waals surface area contributed by atoms with Crippen molar-refractivity contribution in [1.82, 2.24) is 0 Å². The number of ether oxygens (including phenoxy) is 1. The van der Waals surface area contributed by atoms with Crippen LogP contribution in [-0.4, -0.2) is 6.61 Å². The van der Waals surface area contributed by atoms with Crippen LogP contribution in [0.5, 0.6) is 5.75 Å². The second-order valence-electron chi connectivity index (χ2n) is 5.70. The first-order valence-corrected chi connectivity index (χ1v) is 8.48. The standard InChI is InChI=1S/C22H22N2O/c1-3-25-21-15-12-19(13-16-21)23-17-7-6-9-20-14-11-18-8-4-5-10-22(18)24(20)2/h4-17H,3H2,1-2H3/p+1. The van der Waals surface area contributed by atoms with Crippen LogP contribution in [0.2, 0.25) is 0 Å². The molecule has 126 valence electrons. The Bertz CT molecular complexity index is 896. The molecule has 2 aromatic carbocycles. The number of para-hydroxylation sites is 1. The number of nitrogens with one attached hydrogen (secondary N) is 1. The van der Waals surface area contributed by atoms with Gasteiger partial charge in [0.1, 0.15) is 12.8 Å². The molecule has 0 unspecified atom stereocenters. The van der Waals surface area contributed by atoms with Crippen molar-refractivity contribution in [3.8, 4) is 5.75 Å². The fourth-order valence-corrected chi connectivity index (χ4v) is 2.70. The fourth-order valence-electron chi connectivity index (χ4n) is 2.70. The van der Waals surface area contributed by atoms with Crippen molar-refractivity contribution in [2.75, 3.05) is 11.9 Å².